The Morgan fingerprint density at radius 2 is 2.32 bits per heavy atom. The zero-order valence-corrected chi connectivity index (χ0v) is 10.7. The van der Waals surface area contributed by atoms with Crippen LogP contribution in [0.5, 0.6) is 0 Å². The van der Waals surface area contributed by atoms with Crippen LogP contribution in [0, 0.1) is 23.0 Å². The average Bonchev–Trinajstić information content (AvgIpc) is 2.80. The summed E-state index contributed by atoms with van der Waals surface area (Å²) in [6.07, 6.45) is 0.642. The van der Waals surface area contributed by atoms with Crippen molar-refractivity contribution >= 4 is 11.7 Å². The highest BCUT2D eigenvalue weighted by Crippen LogP contribution is 2.24. The summed E-state index contributed by atoms with van der Waals surface area (Å²) in [5, 5.41) is 19.8. The molecule has 0 radical (unpaired) electrons. The maximum absolute atomic E-state index is 10.9. The first-order chi connectivity index (χ1) is 8.99. The van der Waals surface area contributed by atoms with Crippen LogP contribution in [0.4, 0.5) is 5.69 Å². The van der Waals surface area contributed by atoms with Crippen molar-refractivity contribution in [3.63, 3.8) is 0 Å². The van der Waals surface area contributed by atoms with E-state index in [4.69, 9.17) is 5.11 Å². The summed E-state index contributed by atoms with van der Waals surface area (Å²) in [4.78, 5) is 23.4. The van der Waals surface area contributed by atoms with Gasteiger partial charge in [0.05, 0.1) is 10.8 Å². The summed E-state index contributed by atoms with van der Waals surface area (Å²) >= 11 is 0. The molecule has 1 saturated heterocycles. The predicted molar refractivity (Wildman–Crippen MR) is 68.9 cm³/mol. The van der Waals surface area contributed by atoms with E-state index >= 15 is 0 Å². The van der Waals surface area contributed by atoms with Gasteiger partial charge in [-0.05, 0) is 25.5 Å². The average molecular weight is 264 g/mol. The summed E-state index contributed by atoms with van der Waals surface area (Å²) < 4.78 is 0. The molecular weight excluding hydrogens is 248 g/mol. The van der Waals surface area contributed by atoms with Crippen molar-refractivity contribution in [3.05, 3.63) is 39.4 Å². The molecule has 1 aromatic rings. The zero-order valence-electron chi connectivity index (χ0n) is 10.7. The third-order valence-corrected chi connectivity index (χ3v) is 3.63. The molecule has 6 nitrogen and oxygen atoms in total. The third-order valence-electron chi connectivity index (χ3n) is 3.63. The molecule has 1 aliphatic rings. The predicted octanol–water partition coefficient (Wildman–Crippen LogP) is 1.81. The molecule has 1 fully saturated rings. The molecule has 1 aromatic carbocycles. The van der Waals surface area contributed by atoms with Crippen LogP contribution in [-0.4, -0.2) is 34.0 Å². The monoisotopic (exact) mass is 264 g/mol. The number of hydrogen-bond acceptors (Lipinski definition) is 4. The van der Waals surface area contributed by atoms with Crippen LogP contribution in [-0.2, 0) is 11.3 Å². The van der Waals surface area contributed by atoms with E-state index in [1.807, 2.05) is 11.0 Å². The van der Waals surface area contributed by atoms with Gasteiger partial charge < -0.3 is 5.11 Å². The molecule has 1 atom stereocenters. The van der Waals surface area contributed by atoms with Gasteiger partial charge in [0.25, 0.3) is 5.69 Å². The normalized spacial score (nSPS) is 19.5. The molecule has 1 heterocycles. The summed E-state index contributed by atoms with van der Waals surface area (Å²) in [6.45, 7) is 3.53. The number of hydrogen-bond donors (Lipinski definition) is 1. The molecular formula is C13H16N2O4. The van der Waals surface area contributed by atoms with E-state index in [0.717, 1.165) is 12.1 Å². The molecule has 0 aromatic heterocycles. The lowest BCUT2D eigenvalue weighted by atomic mass is 10.1. The minimum Gasteiger partial charge on any atom is -0.481 e. The summed E-state index contributed by atoms with van der Waals surface area (Å²) in [7, 11) is 0. The smallest absolute Gasteiger partial charge is 0.307 e. The maximum atomic E-state index is 10.9. The number of benzene rings is 1. The van der Waals surface area contributed by atoms with Gasteiger partial charge in [0.1, 0.15) is 0 Å². The van der Waals surface area contributed by atoms with E-state index in [-0.39, 0.29) is 16.5 Å². The lowest BCUT2D eigenvalue weighted by Gasteiger charge is -2.16. The fourth-order valence-corrected chi connectivity index (χ4v) is 2.46. The molecule has 1 unspecified atom stereocenters. The van der Waals surface area contributed by atoms with Crippen molar-refractivity contribution in [2.45, 2.75) is 19.9 Å². The van der Waals surface area contributed by atoms with Gasteiger partial charge in [-0.2, -0.15) is 0 Å². The van der Waals surface area contributed by atoms with E-state index < -0.39 is 5.97 Å². The van der Waals surface area contributed by atoms with Crippen molar-refractivity contribution < 1.29 is 14.8 Å². The molecule has 19 heavy (non-hydrogen) atoms. The number of carboxylic acids is 1. The lowest BCUT2D eigenvalue weighted by molar-refractivity contribution is -0.385. The highest BCUT2D eigenvalue weighted by Gasteiger charge is 2.28. The van der Waals surface area contributed by atoms with Crippen LogP contribution in [0.15, 0.2) is 18.2 Å². The number of nitro benzene ring substituents is 1. The maximum Gasteiger partial charge on any atom is 0.307 e. The fraction of sp³-hybridized carbons (Fsp3) is 0.462. The van der Waals surface area contributed by atoms with Crippen molar-refractivity contribution in [1.82, 2.24) is 4.90 Å². The first-order valence-corrected chi connectivity index (χ1v) is 6.17. The van der Waals surface area contributed by atoms with Crippen molar-refractivity contribution in [1.29, 1.82) is 0 Å². The van der Waals surface area contributed by atoms with Crippen LogP contribution in [0.2, 0.25) is 0 Å². The molecule has 1 N–H and O–H groups in total. The molecule has 1 aliphatic heterocycles. The minimum atomic E-state index is -0.765. The van der Waals surface area contributed by atoms with Crippen molar-refractivity contribution in [2.75, 3.05) is 13.1 Å². The number of likely N-dealkylation sites (tertiary alicyclic amines) is 1. The van der Waals surface area contributed by atoms with Crippen LogP contribution in [0.3, 0.4) is 0 Å². The van der Waals surface area contributed by atoms with Crippen LogP contribution in [0.1, 0.15) is 17.5 Å². The Morgan fingerprint density at radius 1 is 1.58 bits per heavy atom. The zero-order chi connectivity index (χ0) is 14.0. The minimum absolute atomic E-state index is 0.117. The van der Waals surface area contributed by atoms with Gasteiger partial charge in [0.15, 0.2) is 0 Å². The van der Waals surface area contributed by atoms with Crippen molar-refractivity contribution in [2.24, 2.45) is 5.92 Å². The van der Waals surface area contributed by atoms with E-state index in [0.29, 0.717) is 25.1 Å². The molecule has 0 amide bonds. The summed E-state index contributed by atoms with van der Waals surface area (Å²) in [5.41, 5.74) is 1.66. The number of nitro groups is 1. The van der Waals surface area contributed by atoms with Crippen LogP contribution >= 0.6 is 0 Å². The highest BCUT2D eigenvalue weighted by molar-refractivity contribution is 5.70. The quantitative estimate of drug-likeness (QED) is 0.662. The largest absolute Gasteiger partial charge is 0.481 e. The Hall–Kier alpha value is -1.95. The van der Waals surface area contributed by atoms with Gasteiger partial charge in [0.2, 0.25) is 0 Å². The Balaban J connectivity index is 2.10. The van der Waals surface area contributed by atoms with Crippen molar-refractivity contribution in [3.8, 4) is 0 Å². The lowest BCUT2D eigenvalue weighted by Crippen LogP contribution is -2.23. The molecule has 6 heteroatoms. The number of aliphatic carboxylic acids is 1. The van der Waals surface area contributed by atoms with E-state index in [1.165, 1.54) is 6.07 Å². The Kier molecular flexibility index (Phi) is 3.80. The van der Waals surface area contributed by atoms with Gasteiger partial charge >= 0.3 is 5.97 Å². The van der Waals surface area contributed by atoms with Gasteiger partial charge in [-0.3, -0.25) is 19.8 Å². The Labute approximate surface area is 110 Å². The van der Waals surface area contributed by atoms with Gasteiger partial charge in [0, 0.05) is 24.7 Å². The molecule has 102 valence electrons. The second-order valence-corrected chi connectivity index (χ2v) is 4.88. The second kappa shape index (κ2) is 5.36. The highest BCUT2D eigenvalue weighted by atomic mass is 16.6. The molecule has 2 rings (SSSR count). The van der Waals surface area contributed by atoms with E-state index in [1.54, 1.807) is 13.0 Å². The van der Waals surface area contributed by atoms with Gasteiger partial charge in [-0.1, -0.05) is 12.1 Å². The topological polar surface area (TPSA) is 83.7 Å². The number of rotatable bonds is 4. The molecule has 0 saturated carbocycles. The Bertz CT molecular complexity index is 515. The van der Waals surface area contributed by atoms with Crippen LogP contribution < -0.4 is 0 Å². The van der Waals surface area contributed by atoms with E-state index in [2.05, 4.69) is 0 Å². The van der Waals surface area contributed by atoms with Crippen LogP contribution in [0.25, 0.3) is 0 Å². The number of carbonyl (C=O) groups is 1. The summed E-state index contributed by atoms with van der Waals surface area (Å²) in [6, 6.07) is 5.02. The molecule has 0 aliphatic carbocycles. The fourth-order valence-electron chi connectivity index (χ4n) is 2.46. The van der Waals surface area contributed by atoms with E-state index in [9.17, 15) is 14.9 Å². The Morgan fingerprint density at radius 3 is 2.89 bits per heavy atom. The number of carboxylic acid groups (broad SMARTS) is 1. The van der Waals surface area contributed by atoms with Gasteiger partial charge in [-0.25, -0.2) is 0 Å². The first-order valence-electron chi connectivity index (χ1n) is 6.17. The van der Waals surface area contributed by atoms with Gasteiger partial charge in [-0.15, -0.1) is 0 Å². The standard InChI is InChI=1S/C13H16N2O4/c1-9-10(3-2-4-12(9)15(18)19)7-14-6-5-11(8-14)13(16)17/h2-4,11H,5-8H2,1H3,(H,16,17). The summed E-state index contributed by atoms with van der Waals surface area (Å²) in [5.74, 6) is -1.09. The first kappa shape index (κ1) is 13.5. The SMILES string of the molecule is Cc1c(CN2CCC(C(=O)O)C2)cccc1[N+](=O)[O-]. The molecule has 0 bridgehead atoms. The molecule has 0 spiro atoms. The number of nitrogens with zero attached hydrogens (tertiary/aromatic N) is 2. The second-order valence-electron chi connectivity index (χ2n) is 4.88. The third kappa shape index (κ3) is 2.90.